The summed E-state index contributed by atoms with van der Waals surface area (Å²) in [6.45, 7) is 7.31. The largest absolute Gasteiger partial charge is 0.341 e. The summed E-state index contributed by atoms with van der Waals surface area (Å²) in [5.41, 5.74) is 3.26. The van der Waals surface area contributed by atoms with Gasteiger partial charge in [-0.2, -0.15) is 15.5 Å². The van der Waals surface area contributed by atoms with Crippen LogP contribution in [-0.4, -0.2) is 72.8 Å². The maximum absolute atomic E-state index is 14.5. The number of nitriles is 1. The van der Waals surface area contributed by atoms with Gasteiger partial charge in [0.15, 0.2) is 5.82 Å². The van der Waals surface area contributed by atoms with Crippen molar-refractivity contribution < 1.29 is 9.18 Å². The molecule has 0 aliphatic carbocycles. The fraction of sp³-hybridized carbons (Fsp3) is 0.393. The Labute approximate surface area is 231 Å². The molecule has 0 spiro atoms. The molecule has 4 aromatic heterocycles. The maximum Gasteiger partial charge on any atom is 0.242 e. The van der Waals surface area contributed by atoms with Crippen molar-refractivity contribution in [3.63, 3.8) is 0 Å². The van der Waals surface area contributed by atoms with Gasteiger partial charge in [0.1, 0.15) is 11.1 Å². The van der Waals surface area contributed by atoms with Gasteiger partial charge in [0, 0.05) is 47.2 Å². The average Bonchev–Trinajstić information content (AvgIpc) is 3.52. The van der Waals surface area contributed by atoms with Crippen LogP contribution in [0, 0.1) is 24.1 Å². The number of halogens is 1. The monoisotopic (exact) mass is 546 g/mol. The van der Waals surface area contributed by atoms with Crippen molar-refractivity contribution in [2.75, 3.05) is 27.2 Å². The van der Waals surface area contributed by atoms with Gasteiger partial charge in [-0.3, -0.25) is 14.4 Å². The van der Waals surface area contributed by atoms with Gasteiger partial charge in [-0.15, -0.1) is 0 Å². The maximum atomic E-state index is 14.5. The van der Waals surface area contributed by atoms with Gasteiger partial charge in [0.05, 0.1) is 35.1 Å². The van der Waals surface area contributed by atoms with Crippen LogP contribution in [0.5, 0.6) is 0 Å². The van der Waals surface area contributed by atoms with E-state index in [0.717, 1.165) is 29.7 Å². The quantitative estimate of drug-likeness (QED) is 0.350. The third-order valence-electron chi connectivity index (χ3n) is 7.72. The third kappa shape index (κ3) is 4.90. The van der Waals surface area contributed by atoms with E-state index in [-0.39, 0.29) is 17.0 Å². The number of rotatable bonds is 6. The lowest BCUT2D eigenvalue weighted by molar-refractivity contribution is -0.142. The highest BCUT2D eigenvalue weighted by atomic mass is 32.2. The second kappa shape index (κ2) is 10.4. The van der Waals surface area contributed by atoms with Crippen LogP contribution >= 0.6 is 11.8 Å². The van der Waals surface area contributed by atoms with Crippen molar-refractivity contribution in [2.24, 2.45) is 0 Å². The number of carbonyl (C=O) groups excluding carboxylic acids is 1. The van der Waals surface area contributed by atoms with Gasteiger partial charge in [0.25, 0.3) is 0 Å². The molecule has 0 bridgehead atoms. The van der Waals surface area contributed by atoms with Crippen molar-refractivity contribution in [3.8, 4) is 17.2 Å². The molecule has 11 heteroatoms. The summed E-state index contributed by atoms with van der Waals surface area (Å²) in [6.07, 6.45) is 8.41. The molecular formula is C28H31FN8OS. The Hall–Kier alpha value is -3.75. The number of piperidine rings is 1. The zero-order valence-corrected chi connectivity index (χ0v) is 23.5. The first-order chi connectivity index (χ1) is 18.6. The van der Waals surface area contributed by atoms with Crippen LogP contribution < -0.4 is 0 Å². The predicted molar refractivity (Wildman–Crippen MR) is 147 cm³/mol. The summed E-state index contributed by atoms with van der Waals surface area (Å²) in [5, 5.41) is 19.0. The molecule has 1 fully saturated rings. The van der Waals surface area contributed by atoms with E-state index in [0.29, 0.717) is 29.1 Å². The molecule has 5 rings (SSSR count). The number of amides is 1. The Morgan fingerprint density at radius 1 is 1.23 bits per heavy atom. The van der Waals surface area contributed by atoms with E-state index in [1.807, 2.05) is 67.8 Å². The molecule has 0 saturated carbocycles. The minimum absolute atomic E-state index is 0.141. The second-order valence-electron chi connectivity index (χ2n) is 10.5. The van der Waals surface area contributed by atoms with Crippen LogP contribution in [-0.2, 0) is 4.79 Å². The van der Waals surface area contributed by atoms with Crippen molar-refractivity contribution in [3.05, 3.63) is 60.1 Å². The minimum Gasteiger partial charge on any atom is -0.341 e. The van der Waals surface area contributed by atoms with Crippen LogP contribution in [0.25, 0.3) is 16.6 Å². The highest BCUT2D eigenvalue weighted by Crippen LogP contribution is 2.37. The Morgan fingerprint density at radius 2 is 1.97 bits per heavy atom. The number of pyridine rings is 2. The summed E-state index contributed by atoms with van der Waals surface area (Å²) in [4.78, 5) is 21.8. The molecule has 0 radical (unpaired) electrons. The van der Waals surface area contributed by atoms with E-state index in [1.54, 1.807) is 16.8 Å². The van der Waals surface area contributed by atoms with Crippen molar-refractivity contribution >= 4 is 23.2 Å². The van der Waals surface area contributed by atoms with E-state index >= 15 is 0 Å². The number of likely N-dealkylation sites (tertiary alicyclic amines) is 1. The molecule has 0 atom stereocenters. The molecule has 4 aromatic rings. The fourth-order valence-corrected chi connectivity index (χ4v) is 5.88. The first kappa shape index (κ1) is 26.8. The van der Waals surface area contributed by atoms with Gasteiger partial charge in [-0.05, 0) is 65.9 Å². The summed E-state index contributed by atoms with van der Waals surface area (Å²) in [7, 11) is 3.86. The van der Waals surface area contributed by atoms with Crippen LogP contribution in [0.2, 0.25) is 0 Å². The van der Waals surface area contributed by atoms with Crippen LogP contribution in [0.1, 0.15) is 44.0 Å². The Bertz CT molecular complexity index is 1580. The van der Waals surface area contributed by atoms with Crippen LogP contribution in [0.4, 0.5) is 4.39 Å². The second-order valence-corrected chi connectivity index (χ2v) is 11.5. The van der Waals surface area contributed by atoms with E-state index in [4.69, 9.17) is 5.10 Å². The van der Waals surface area contributed by atoms with Gasteiger partial charge in [0.2, 0.25) is 5.91 Å². The summed E-state index contributed by atoms with van der Waals surface area (Å²) < 4.78 is 18.2. The number of aromatic nitrogens is 5. The van der Waals surface area contributed by atoms with Crippen molar-refractivity contribution in [1.29, 1.82) is 5.26 Å². The third-order valence-corrected chi connectivity index (χ3v) is 8.75. The Balaban J connectivity index is 1.43. The Morgan fingerprint density at radius 3 is 2.64 bits per heavy atom. The van der Waals surface area contributed by atoms with E-state index in [1.165, 1.54) is 24.0 Å². The van der Waals surface area contributed by atoms with Gasteiger partial charge in [-0.25, -0.2) is 13.9 Å². The minimum atomic E-state index is -0.550. The lowest BCUT2D eigenvalue weighted by Gasteiger charge is -2.40. The zero-order chi connectivity index (χ0) is 27.9. The van der Waals surface area contributed by atoms with Crippen molar-refractivity contribution in [2.45, 2.75) is 55.1 Å². The van der Waals surface area contributed by atoms with E-state index in [9.17, 15) is 14.4 Å². The van der Waals surface area contributed by atoms with Crippen LogP contribution in [0.15, 0.2) is 52.9 Å². The first-order valence-electron chi connectivity index (χ1n) is 12.8. The number of hydrogen-bond donors (Lipinski definition) is 0. The highest BCUT2D eigenvalue weighted by molar-refractivity contribution is 7.99. The number of fused-ring (bicyclic) bond motifs is 1. The van der Waals surface area contributed by atoms with Gasteiger partial charge < -0.3 is 4.90 Å². The molecule has 0 N–H and O–H groups in total. The smallest absolute Gasteiger partial charge is 0.242 e. The van der Waals surface area contributed by atoms with Crippen LogP contribution in [0.3, 0.4) is 0 Å². The molecule has 5 heterocycles. The molecule has 202 valence electrons. The summed E-state index contributed by atoms with van der Waals surface area (Å²) in [6, 6.07) is 7.21. The highest BCUT2D eigenvalue weighted by Gasteiger charge is 2.36. The molecule has 9 nitrogen and oxygen atoms in total. The number of nitrogens with zero attached hydrogens (tertiary/aromatic N) is 8. The van der Waals surface area contributed by atoms with Gasteiger partial charge in [-0.1, -0.05) is 11.8 Å². The van der Waals surface area contributed by atoms with Crippen molar-refractivity contribution in [1.82, 2.24) is 34.2 Å². The SMILES string of the molecule is Cc1c(-c2cc(Sc3ncccc3F)c3c(C#N)cnn3c2)cnn1C1CCN(C(=O)C(C)(C)N(C)C)CC1. The molecule has 1 amide bonds. The van der Waals surface area contributed by atoms with Gasteiger partial charge >= 0.3 is 0 Å². The zero-order valence-electron chi connectivity index (χ0n) is 22.7. The molecule has 39 heavy (non-hydrogen) atoms. The lowest BCUT2D eigenvalue weighted by atomic mass is 9.98. The number of hydrogen-bond acceptors (Lipinski definition) is 7. The summed E-state index contributed by atoms with van der Waals surface area (Å²) >= 11 is 1.17. The average molecular weight is 547 g/mol. The van der Waals surface area contributed by atoms with E-state index in [2.05, 4.69) is 16.2 Å². The first-order valence-corrected chi connectivity index (χ1v) is 13.6. The molecule has 0 unspecified atom stereocenters. The molecule has 1 saturated heterocycles. The summed E-state index contributed by atoms with van der Waals surface area (Å²) in [5.74, 6) is -0.283. The molecule has 1 aliphatic heterocycles. The topological polar surface area (TPSA) is 95.4 Å². The predicted octanol–water partition coefficient (Wildman–Crippen LogP) is 4.57. The Kier molecular flexibility index (Phi) is 7.18. The molecule has 1 aliphatic rings. The fourth-order valence-electron chi connectivity index (χ4n) is 4.91. The molecular weight excluding hydrogens is 515 g/mol. The number of likely N-dealkylation sites (N-methyl/N-ethyl adjacent to an activating group) is 1. The standard InChI is InChI=1S/C28H31FN8OS/c1-18-22(16-33-37(18)21-8-11-35(12-9-21)27(38)28(2,3)34(4)5)19-13-24(39-26-23(29)7-6-10-31-26)25-20(14-30)15-32-36(25)17-19/h6-7,10,13,15-17,21H,8-9,11-12H2,1-5H3. The molecule has 0 aromatic carbocycles. The van der Waals surface area contributed by atoms with E-state index < -0.39 is 11.4 Å². The number of carbonyl (C=O) groups is 1. The lowest BCUT2D eigenvalue weighted by Crippen LogP contribution is -2.55. The normalized spacial score (nSPS) is 14.8.